The van der Waals surface area contributed by atoms with Crippen LogP contribution in [-0.2, 0) is 13.1 Å². The second-order valence-electron chi connectivity index (χ2n) is 13.1. The molecular weight excluding hydrogens is 787 g/mol. The predicted octanol–water partition coefficient (Wildman–Crippen LogP) is 10.5. The Morgan fingerprint density at radius 3 is 1.48 bits per heavy atom. The van der Waals surface area contributed by atoms with Crippen molar-refractivity contribution < 1.29 is 10.0 Å². The van der Waals surface area contributed by atoms with E-state index in [0.29, 0.717) is 46.1 Å². The molecule has 280 valence electrons. The molecule has 12 heteroatoms. The van der Waals surface area contributed by atoms with E-state index in [4.69, 9.17) is 47.8 Å². The van der Waals surface area contributed by atoms with E-state index >= 15 is 0 Å². The van der Waals surface area contributed by atoms with Crippen LogP contribution >= 0.6 is 15.9 Å². The van der Waals surface area contributed by atoms with Gasteiger partial charge < -0.3 is 30.6 Å². The van der Waals surface area contributed by atoms with Crippen LogP contribution in [0.25, 0.3) is 52.3 Å². The van der Waals surface area contributed by atoms with Crippen molar-refractivity contribution in [3.8, 4) is 11.1 Å². The maximum atomic E-state index is 8.65. The summed E-state index contributed by atoms with van der Waals surface area (Å²) in [5.74, 6) is 0. The van der Waals surface area contributed by atoms with Crippen LogP contribution in [0, 0.1) is 26.3 Å². The molecule has 0 saturated heterocycles. The summed E-state index contributed by atoms with van der Waals surface area (Å²) in [4.78, 5) is 13.9. The monoisotopic (exact) mass is 820 g/mol. The van der Waals surface area contributed by atoms with Crippen LogP contribution in [0.3, 0.4) is 0 Å². The van der Waals surface area contributed by atoms with E-state index in [9.17, 15) is 0 Å². The Hall–Kier alpha value is -7.58. The Kier molecular flexibility index (Phi) is 12.7. The highest BCUT2D eigenvalue weighted by atomic mass is 79.9. The zero-order valence-electron chi connectivity index (χ0n) is 31.0. The summed E-state index contributed by atoms with van der Waals surface area (Å²) in [6.45, 7) is 29.9. The summed E-state index contributed by atoms with van der Waals surface area (Å²) in [6, 6.07) is 41.0. The fourth-order valence-corrected chi connectivity index (χ4v) is 6.89. The van der Waals surface area contributed by atoms with Crippen LogP contribution in [0.1, 0.15) is 11.1 Å². The van der Waals surface area contributed by atoms with Gasteiger partial charge in [0, 0.05) is 63.3 Å². The normalized spacial score (nSPS) is 10.2. The van der Waals surface area contributed by atoms with E-state index in [1.54, 1.807) is 18.2 Å². The van der Waals surface area contributed by atoms with Crippen LogP contribution in [0.4, 0.5) is 34.1 Å². The number of hydrogen-bond donors (Lipinski definition) is 4. The molecular formula is C46H34BBrN8O2. The lowest BCUT2D eigenvalue weighted by atomic mass is 9.80. The average molecular weight is 822 g/mol. The van der Waals surface area contributed by atoms with E-state index in [1.807, 2.05) is 115 Å². The minimum atomic E-state index is -1.43. The van der Waals surface area contributed by atoms with Gasteiger partial charge >= 0.3 is 7.12 Å². The molecule has 8 aromatic rings. The number of benzene rings is 6. The molecule has 0 aliphatic carbocycles. The molecule has 0 bridgehead atoms. The number of nitrogen functional groups attached to an aromatic ring is 2. The van der Waals surface area contributed by atoms with Gasteiger partial charge in [-0.05, 0) is 92.0 Å². The van der Waals surface area contributed by atoms with Crippen molar-refractivity contribution in [1.29, 1.82) is 0 Å². The van der Waals surface area contributed by atoms with Crippen molar-refractivity contribution in [3.05, 3.63) is 207 Å². The molecule has 0 spiro atoms. The molecule has 10 nitrogen and oxygen atoms in total. The van der Waals surface area contributed by atoms with Crippen LogP contribution < -0.4 is 16.9 Å². The Bertz CT molecular complexity index is 2910. The topological polar surface area (TPSA) is 120 Å². The van der Waals surface area contributed by atoms with Gasteiger partial charge in [0.1, 0.15) is 0 Å². The molecule has 0 atom stereocenters. The molecule has 6 N–H and O–H groups in total. The van der Waals surface area contributed by atoms with Gasteiger partial charge in [0.05, 0.1) is 26.3 Å². The van der Waals surface area contributed by atoms with Gasteiger partial charge in [0.25, 0.3) is 0 Å². The Balaban J connectivity index is 0.000000162. The van der Waals surface area contributed by atoms with Gasteiger partial charge in [-0.1, -0.05) is 84.9 Å². The molecule has 0 aliphatic rings. The summed E-state index contributed by atoms with van der Waals surface area (Å²) in [5, 5.41) is 19.4. The molecule has 2 aromatic heterocycles. The smallest absolute Gasteiger partial charge is 0.423 e. The lowest BCUT2D eigenvalue weighted by Crippen LogP contribution is -2.29. The number of hydrogen-bond acceptors (Lipinski definition) is 4. The predicted molar refractivity (Wildman–Crippen MR) is 238 cm³/mol. The number of halogens is 1. The first-order valence-corrected chi connectivity index (χ1v) is 18.5. The van der Waals surface area contributed by atoms with Gasteiger partial charge in [0.15, 0.2) is 22.7 Å². The third-order valence-electron chi connectivity index (χ3n) is 9.18. The van der Waals surface area contributed by atoms with E-state index in [0.717, 1.165) is 55.1 Å². The summed E-state index contributed by atoms with van der Waals surface area (Å²) < 4.78 is 5.30. The number of nitrogens with zero attached hydrogens (tertiary/aromatic N) is 6. The molecule has 0 aliphatic heterocycles. The molecule has 0 unspecified atom stereocenters. The number of fused-ring (bicyclic) bond motifs is 2. The lowest BCUT2D eigenvalue weighted by molar-refractivity contribution is 0.426. The van der Waals surface area contributed by atoms with Crippen LogP contribution in [0.5, 0.6) is 0 Å². The van der Waals surface area contributed by atoms with Gasteiger partial charge in [-0.25, -0.2) is 19.4 Å². The van der Waals surface area contributed by atoms with Crippen LogP contribution in [-0.4, -0.2) is 26.3 Å². The number of aromatic nitrogens is 2. The SMILES string of the molecule is Nc1cccc(B(O)O)c1.[C-]#[N+]c1ccc(Cn2cc(-c3cccc(N)c3)c3cc([N+]#[C-])ccc32)cc1.[C-]#[N+]c1ccc(Cn2cc(Br)c3cc([N+]#[C-])ccc32)cc1. The Morgan fingerprint density at radius 1 is 0.534 bits per heavy atom. The summed E-state index contributed by atoms with van der Waals surface area (Å²) in [6.07, 6.45) is 4.14. The third-order valence-corrected chi connectivity index (χ3v) is 9.81. The van der Waals surface area contributed by atoms with Crippen molar-refractivity contribution in [2.45, 2.75) is 13.1 Å². The minimum Gasteiger partial charge on any atom is -0.423 e. The fourth-order valence-electron chi connectivity index (χ4n) is 6.33. The van der Waals surface area contributed by atoms with Crippen molar-refractivity contribution >= 4 is 84.4 Å². The van der Waals surface area contributed by atoms with Gasteiger partial charge in [0.2, 0.25) is 0 Å². The largest absolute Gasteiger partial charge is 0.488 e. The van der Waals surface area contributed by atoms with E-state index < -0.39 is 7.12 Å². The van der Waals surface area contributed by atoms with Crippen molar-refractivity contribution in [2.75, 3.05) is 11.5 Å². The molecule has 0 saturated carbocycles. The summed E-state index contributed by atoms with van der Waals surface area (Å²) in [5.41, 5.74) is 22.1. The fraction of sp³-hybridized carbons (Fsp3) is 0.0435. The van der Waals surface area contributed by atoms with Crippen molar-refractivity contribution in [2.24, 2.45) is 0 Å². The number of anilines is 2. The summed E-state index contributed by atoms with van der Waals surface area (Å²) >= 11 is 3.55. The highest BCUT2D eigenvalue weighted by Crippen LogP contribution is 2.35. The van der Waals surface area contributed by atoms with E-state index in [1.165, 1.54) is 6.07 Å². The molecule has 0 radical (unpaired) electrons. The number of rotatable bonds is 6. The average Bonchev–Trinajstić information content (AvgIpc) is 3.76. The molecule has 2 heterocycles. The highest BCUT2D eigenvalue weighted by Gasteiger charge is 2.13. The standard InChI is InChI=1S/C23H16N4.C17H10BrN3.C6H8BNO2/c1-25-19-8-6-16(7-9-19)14-27-15-22(17-4-3-5-18(24)12-17)21-13-20(26-2)10-11-23(21)27;1-19-13-5-3-12(4-6-13)10-21-11-16(18)15-9-14(20-2)7-8-17(15)21;8-6-3-1-2-5(4-6)7(9)10/h3-13,15H,14,24H2;3-9,11H,10H2;1-4,9-10H,8H2. The van der Waals surface area contributed by atoms with Crippen LogP contribution in [0.15, 0.2) is 150 Å². The highest BCUT2D eigenvalue weighted by molar-refractivity contribution is 9.10. The second-order valence-corrected chi connectivity index (χ2v) is 14.0. The second kappa shape index (κ2) is 18.4. The van der Waals surface area contributed by atoms with Crippen molar-refractivity contribution in [1.82, 2.24) is 9.13 Å². The maximum absolute atomic E-state index is 8.65. The molecule has 58 heavy (non-hydrogen) atoms. The van der Waals surface area contributed by atoms with Crippen molar-refractivity contribution in [3.63, 3.8) is 0 Å². The van der Waals surface area contributed by atoms with E-state index in [2.05, 4.69) is 50.6 Å². The van der Waals surface area contributed by atoms with Gasteiger partial charge in [-0.15, -0.1) is 0 Å². The first-order valence-electron chi connectivity index (χ1n) is 17.8. The molecule has 6 aromatic carbocycles. The molecule has 0 fully saturated rings. The quantitative estimate of drug-likeness (QED) is 0.0758. The maximum Gasteiger partial charge on any atom is 0.488 e. The third kappa shape index (κ3) is 9.62. The molecule has 0 amide bonds. The zero-order valence-corrected chi connectivity index (χ0v) is 32.5. The van der Waals surface area contributed by atoms with Gasteiger partial charge in [-0.3, -0.25) is 0 Å². The Labute approximate surface area is 345 Å². The lowest BCUT2D eigenvalue weighted by Gasteiger charge is -2.06. The molecule has 8 rings (SSSR count). The number of nitrogens with two attached hydrogens (primary N) is 2. The van der Waals surface area contributed by atoms with E-state index in [-0.39, 0.29) is 0 Å². The summed E-state index contributed by atoms with van der Waals surface area (Å²) in [7, 11) is -1.43. The van der Waals surface area contributed by atoms with Gasteiger partial charge in [-0.2, -0.15) is 0 Å². The zero-order chi connectivity index (χ0) is 41.2. The Morgan fingerprint density at radius 2 is 1.00 bits per heavy atom. The first-order chi connectivity index (χ1) is 28.1. The first kappa shape index (κ1) is 40.1. The minimum absolute atomic E-state index is 0.417. The van der Waals surface area contributed by atoms with Crippen LogP contribution in [0.2, 0.25) is 0 Å².